The average Bonchev–Trinajstić information content (AvgIpc) is 2.85. The highest BCUT2D eigenvalue weighted by Crippen LogP contribution is 2.27. The van der Waals surface area contributed by atoms with Crippen molar-refractivity contribution < 1.29 is 0 Å². The smallest absolute Gasteiger partial charge is 0.0345 e. The standard InChI is InChI=1S/C17H25NS/c1-3-11-18-12-10-14(2)8-9-15-13-19-17-7-5-4-6-16(15)17/h4-7,13-14,18H,3,8-12H2,1-2H3. The summed E-state index contributed by atoms with van der Waals surface area (Å²) in [5.41, 5.74) is 1.54. The van der Waals surface area contributed by atoms with Gasteiger partial charge in [0.2, 0.25) is 0 Å². The number of fused-ring (bicyclic) bond motifs is 1. The topological polar surface area (TPSA) is 12.0 Å². The first-order valence-electron chi connectivity index (χ1n) is 7.47. The molecule has 2 rings (SSSR count). The van der Waals surface area contributed by atoms with Gasteiger partial charge in [-0.05, 0) is 67.1 Å². The van der Waals surface area contributed by atoms with Crippen LogP contribution in [0.15, 0.2) is 29.6 Å². The van der Waals surface area contributed by atoms with E-state index >= 15 is 0 Å². The summed E-state index contributed by atoms with van der Waals surface area (Å²) in [6.07, 6.45) is 5.05. The lowest BCUT2D eigenvalue weighted by molar-refractivity contribution is 0.471. The molecule has 1 N–H and O–H groups in total. The molecule has 0 aliphatic rings. The summed E-state index contributed by atoms with van der Waals surface area (Å²) >= 11 is 1.88. The largest absolute Gasteiger partial charge is 0.317 e. The Balaban J connectivity index is 1.78. The van der Waals surface area contributed by atoms with Crippen LogP contribution >= 0.6 is 11.3 Å². The third kappa shape index (κ3) is 4.32. The number of hydrogen-bond donors (Lipinski definition) is 1. The van der Waals surface area contributed by atoms with E-state index < -0.39 is 0 Å². The molecule has 104 valence electrons. The van der Waals surface area contributed by atoms with Crippen LogP contribution in [0.3, 0.4) is 0 Å². The summed E-state index contributed by atoms with van der Waals surface area (Å²) in [5, 5.41) is 7.29. The Morgan fingerprint density at radius 2 is 2.00 bits per heavy atom. The van der Waals surface area contributed by atoms with Crippen molar-refractivity contribution in [1.29, 1.82) is 0 Å². The van der Waals surface area contributed by atoms with Crippen LogP contribution in [0.2, 0.25) is 0 Å². The van der Waals surface area contributed by atoms with Crippen molar-refractivity contribution in [3.05, 3.63) is 35.2 Å². The van der Waals surface area contributed by atoms with Gasteiger partial charge < -0.3 is 5.32 Å². The molecule has 1 aromatic heterocycles. The van der Waals surface area contributed by atoms with Gasteiger partial charge in [0, 0.05) is 4.70 Å². The predicted octanol–water partition coefficient (Wildman–Crippen LogP) is 4.86. The second kappa shape index (κ2) is 7.66. The third-order valence-corrected chi connectivity index (χ3v) is 4.72. The Morgan fingerprint density at radius 1 is 1.16 bits per heavy atom. The van der Waals surface area contributed by atoms with Crippen LogP contribution < -0.4 is 5.32 Å². The minimum absolute atomic E-state index is 0.808. The maximum absolute atomic E-state index is 3.49. The highest BCUT2D eigenvalue weighted by molar-refractivity contribution is 7.17. The molecular formula is C17H25NS. The van der Waals surface area contributed by atoms with Crippen LogP contribution in [0.4, 0.5) is 0 Å². The maximum Gasteiger partial charge on any atom is 0.0345 e. The van der Waals surface area contributed by atoms with Crippen molar-refractivity contribution in [2.24, 2.45) is 5.92 Å². The Hall–Kier alpha value is -0.860. The summed E-state index contributed by atoms with van der Waals surface area (Å²) in [4.78, 5) is 0. The summed E-state index contributed by atoms with van der Waals surface area (Å²) in [6.45, 7) is 6.92. The Bertz CT molecular complexity index is 489. The average molecular weight is 275 g/mol. The fourth-order valence-electron chi connectivity index (χ4n) is 2.42. The van der Waals surface area contributed by atoms with Gasteiger partial charge in [0.15, 0.2) is 0 Å². The van der Waals surface area contributed by atoms with E-state index in [0.717, 1.165) is 12.5 Å². The predicted molar refractivity (Wildman–Crippen MR) is 87.1 cm³/mol. The molecule has 1 aromatic carbocycles. The van der Waals surface area contributed by atoms with Gasteiger partial charge in [-0.25, -0.2) is 0 Å². The van der Waals surface area contributed by atoms with Gasteiger partial charge in [0.05, 0.1) is 0 Å². The van der Waals surface area contributed by atoms with Crippen molar-refractivity contribution in [2.45, 2.75) is 39.5 Å². The molecule has 0 amide bonds. The quantitative estimate of drug-likeness (QED) is 0.678. The van der Waals surface area contributed by atoms with E-state index in [1.54, 1.807) is 0 Å². The number of hydrogen-bond acceptors (Lipinski definition) is 2. The van der Waals surface area contributed by atoms with Crippen molar-refractivity contribution >= 4 is 21.4 Å². The summed E-state index contributed by atoms with van der Waals surface area (Å²) in [5.74, 6) is 0.808. The number of nitrogens with one attached hydrogen (secondary N) is 1. The minimum Gasteiger partial charge on any atom is -0.317 e. The molecule has 0 aliphatic heterocycles. The number of rotatable bonds is 8. The normalized spacial score (nSPS) is 12.9. The van der Waals surface area contributed by atoms with Gasteiger partial charge in [-0.15, -0.1) is 11.3 Å². The molecule has 0 aliphatic carbocycles. The Morgan fingerprint density at radius 3 is 2.84 bits per heavy atom. The van der Waals surface area contributed by atoms with Crippen molar-refractivity contribution in [3.8, 4) is 0 Å². The second-order valence-electron chi connectivity index (χ2n) is 5.44. The fraction of sp³-hybridized carbons (Fsp3) is 0.529. The van der Waals surface area contributed by atoms with Crippen molar-refractivity contribution in [1.82, 2.24) is 5.32 Å². The molecule has 2 aromatic rings. The van der Waals surface area contributed by atoms with Gasteiger partial charge in [-0.1, -0.05) is 32.0 Å². The monoisotopic (exact) mass is 275 g/mol. The molecule has 1 atom stereocenters. The lowest BCUT2D eigenvalue weighted by Gasteiger charge is -2.11. The van der Waals surface area contributed by atoms with Crippen molar-refractivity contribution in [3.63, 3.8) is 0 Å². The van der Waals surface area contributed by atoms with E-state index in [2.05, 4.69) is 48.8 Å². The van der Waals surface area contributed by atoms with Gasteiger partial charge in [0.1, 0.15) is 0 Å². The SMILES string of the molecule is CCCNCCC(C)CCc1csc2ccccc12. The van der Waals surface area contributed by atoms with E-state index in [1.165, 1.54) is 47.9 Å². The van der Waals surface area contributed by atoms with E-state index in [0.29, 0.717) is 0 Å². The molecule has 0 spiro atoms. The summed E-state index contributed by atoms with van der Waals surface area (Å²) in [7, 11) is 0. The lowest BCUT2D eigenvalue weighted by atomic mass is 9.98. The summed E-state index contributed by atoms with van der Waals surface area (Å²) < 4.78 is 1.43. The molecule has 2 heteroatoms. The Labute approximate surface area is 121 Å². The van der Waals surface area contributed by atoms with Crippen LogP contribution in [-0.2, 0) is 6.42 Å². The molecule has 19 heavy (non-hydrogen) atoms. The van der Waals surface area contributed by atoms with Crippen molar-refractivity contribution in [2.75, 3.05) is 13.1 Å². The molecule has 0 saturated heterocycles. The van der Waals surface area contributed by atoms with E-state index in [-0.39, 0.29) is 0 Å². The summed E-state index contributed by atoms with van der Waals surface area (Å²) in [6, 6.07) is 8.76. The Kier molecular flexibility index (Phi) is 5.87. The fourth-order valence-corrected chi connectivity index (χ4v) is 3.42. The lowest BCUT2D eigenvalue weighted by Crippen LogP contribution is -2.18. The second-order valence-corrected chi connectivity index (χ2v) is 6.35. The molecule has 1 unspecified atom stereocenters. The molecule has 0 fully saturated rings. The van der Waals surface area contributed by atoms with Crippen LogP contribution in [0.5, 0.6) is 0 Å². The zero-order valence-electron chi connectivity index (χ0n) is 12.1. The van der Waals surface area contributed by atoms with Crippen LogP contribution in [0.1, 0.15) is 38.7 Å². The zero-order chi connectivity index (χ0) is 13.5. The van der Waals surface area contributed by atoms with E-state index in [9.17, 15) is 0 Å². The third-order valence-electron chi connectivity index (χ3n) is 3.71. The molecule has 1 nitrogen and oxygen atoms in total. The first-order valence-corrected chi connectivity index (χ1v) is 8.35. The van der Waals surface area contributed by atoms with Crippen LogP contribution in [-0.4, -0.2) is 13.1 Å². The van der Waals surface area contributed by atoms with Gasteiger partial charge in [-0.2, -0.15) is 0 Å². The van der Waals surface area contributed by atoms with Gasteiger partial charge >= 0.3 is 0 Å². The molecule has 0 radical (unpaired) electrons. The molecule has 0 saturated carbocycles. The molecular weight excluding hydrogens is 250 g/mol. The van der Waals surface area contributed by atoms with E-state index in [4.69, 9.17) is 0 Å². The minimum atomic E-state index is 0.808. The molecule has 0 bridgehead atoms. The molecule has 1 heterocycles. The van der Waals surface area contributed by atoms with Crippen LogP contribution in [0.25, 0.3) is 10.1 Å². The first-order chi connectivity index (χ1) is 9.31. The number of aryl methyl sites for hydroxylation is 1. The number of benzene rings is 1. The van der Waals surface area contributed by atoms with Crippen LogP contribution in [0, 0.1) is 5.92 Å². The first kappa shape index (κ1) is 14.5. The maximum atomic E-state index is 3.49. The highest BCUT2D eigenvalue weighted by atomic mass is 32.1. The highest BCUT2D eigenvalue weighted by Gasteiger charge is 2.06. The number of thiophene rings is 1. The zero-order valence-corrected chi connectivity index (χ0v) is 12.9. The van der Waals surface area contributed by atoms with Gasteiger partial charge in [-0.3, -0.25) is 0 Å². The van der Waals surface area contributed by atoms with E-state index in [1.807, 2.05) is 11.3 Å². The van der Waals surface area contributed by atoms with Gasteiger partial charge in [0.25, 0.3) is 0 Å².